The van der Waals surface area contributed by atoms with E-state index >= 15 is 0 Å². The maximum absolute atomic E-state index is 12.7. The summed E-state index contributed by atoms with van der Waals surface area (Å²) < 4.78 is 34.1. The highest BCUT2D eigenvalue weighted by atomic mass is 31.2. The van der Waals surface area contributed by atoms with Gasteiger partial charge in [0, 0.05) is 12.8 Å². The number of quaternary nitrogens is 1. The summed E-state index contributed by atoms with van der Waals surface area (Å²) in [5.74, 6) is -0.812. The topological polar surface area (TPSA) is 111 Å². The average Bonchev–Trinajstić information content (AvgIpc) is 3.23. The fourth-order valence-electron chi connectivity index (χ4n) is 7.95. The lowest BCUT2D eigenvalue weighted by Gasteiger charge is -2.28. The van der Waals surface area contributed by atoms with Gasteiger partial charge in [0.25, 0.3) is 7.82 Å². The standard InChI is InChI=1S/C52H104NO8P/c1-6-8-10-12-14-16-18-20-22-24-26-28-30-32-34-36-38-40-42-44-51(54)58-48-50(49-60-62(56,57)59-47-46-53(3,4)5)61-52(55)45-43-41-39-37-35-33-31-29-27-25-23-21-19-17-15-13-11-9-7-2/h50H,6-49H2,1-5H3/t50-/m1/s1. The van der Waals surface area contributed by atoms with Crippen LogP contribution in [0.2, 0.25) is 0 Å². The van der Waals surface area contributed by atoms with Crippen LogP contribution >= 0.6 is 7.82 Å². The van der Waals surface area contributed by atoms with Gasteiger partial charge in [-0.3, -0.25) is 14.2 Å². The monoisotopic (exact) mass is 902 g/mol. The average molecular weight is 902 g/mol. The van der Waals surface area contributed by atoms with Gasteiger partial charge < -0.3 is 27.9 Å². The minimum Gasteiger partial charge on any atom is -0.756 e. The molecule has 62 heavy (non-hydrogen) atoms. The van der Waals surface area contributed by atoms with Gasteiger partial charge >= 0.3 is 11.9 Å². The van der Waals surface area contributed by atoms with Crippen molar-refractivity contribution in [2.24, 2.45) is 0 Å². The largest absolute Gasteiger partial charge is 0.756 e. The van der Waals surface area contributed by atoms with E-state index in [1.54, 1.807) is 0 Å². The molecule has 0 saturated carbocycles. The van der Waals surface area contributed by atoms with Gasteiger partial charge in [-0.05, 0) is 12.8 Å². The van der Waals surface area contributed by atoms with Crippen molar-refractivity contribution in [1.29, 1.82) is 0 Å². The fraction of sp³-hybridized carbons (Fsp3) is 0.962. The Labute approximate surface area is 384 Å². The second kappa shape index (κ2) is 45.2. The number of unbranched alkanes of at least 4 members (excludes halogenated alkanes) is 36. The van der Waals surface area contributed by atoms with Gasteiger partial charge in [-0.15, -0.1) is 0 Å². The molecule has 0 aliphatic rings. The van der Waals surface area contributed by atoms with Crippen LogP contribution in [0.1, 0.15) is 271 Å². The first-order valence-electron chi connectivity index (χ1n) is 26.7. The predicted molar refractivity (Wildman–Crippen MR) is 259 cm³/mol. The first-order chi connectivity index (χ1) is 30.0. The molecule has 0 aromatic carbocycles. The third-order valence-electron chi connectivity index (χ3n) is 12.1. The van der Waals surface area contributed by atoms with E-state index in [1.165, 1.54) is 205 Å². The Morgan fingerprint density at radius 2 is 0.726 bits per heavy atom. The minimum absolute atomic E-state index is 0.0252. The smallest absolute Gasteiger partial charge is 0.306 e. The van der Waals surface area contributed by atoms with Crippen molar-refractivity contribution in [3.63, 3.8) is 0 Å². The number of carbonyl (C=O) groups excluding carboxylic acids is 2. The minimum atomic E-state index is -4.62. The van der Waals surface area contributed by atoms with Crippen molar-refractivity contribution in [2.45, 2.75) is 277 Å². The number of phosphoric ester groups is 1. The first kappa shape index (κ1) is 61.0. The summed E-state index contributed by atoms with van der Waals surface area (Å²) >= 11 is 0. The summed E-state index contributed by atoms with van der Waals surface area (Å²) in [6.07, 6.45) is 48.4. The van der Waals surface area contributed by atoms with Gasteiger partial charge in [-0.25, -0.2) is 0 Å². The van der Waals surface area contributed by atoms with E-state index in [1.807, 2.05) is 21.1 Å². The second-order valence-electron chi connectivity index (χ2n) is 19.6. The molecule has 0 heterocycles. The third-order valence-corrected chi connectivity index (χ3v) is 13.1. The number of hydrogen-bond donors (Lipinski definition) is 0. The highest BCUT2D eigenvalue weighted by Crippen LogP contribution is 2.38. The molecule has 2 atom stereocenters. The Hall–Kier alpha value is -0.990. The molecule has 0 rings (SSSR count). The summed E-state index contributed by atoms with van der Waals surface area (Å²) in [6.45, 7) is 4.30. The number of carbonyl (C=O) groups is 2. The molecule has 0 aromatic rings. The lowest BCUT2D eigenvalue weighted by molar-refractivity contribution is -0.870. The first-order valence-corrected chi connectivity index (χ1v) is 28.2. The van der Waals surface area contributed by atoms with Crippen molar-refractivity contribution in [3.8, 4) is 0 Å². The molecule has 0 fully saturated rings. The van der Waals surface area contributed by atoms with E-state index in [4.69, 9.17) is 18.5 Å². The molecule has 0 radical (unpaired) electrons. The molecule has 0 aliphatic heterocycles. The van der Waals surface area contributed by atoms with E-state index in [-0.39, 0.29) is 32.0 Å². The Morgan fingerprint density at radius 3 is 1.03 bits per heavy atom. The predicted octanol–water partition coefficient (Wildman–Crippen LogP) is 15.3. The Morgan fingerprint density at radius 1 is 0.435 bits per heavy atom. The van der Waals surface area contributed by atoms with E-state index in [2.05, 4.69) is 13.8 Å². The maximum atomic E-state index is 12.7. The van der Waals surface area contributed by atoms with Crippen LogP contribution in [0.25, 0.3) is 0 Å². The van der Waals surface area contributed by atoms with Gasteiger partial charge in [0.05, 0.1) is 27.7 Å². The van der Waals surface area contributed by atoms with Crippen molar-refractivity contribution in [3.05, 3.63) is 0 Å². The molecule has 0 spiro atoms. The molecule has 0 bridgehead atoms. The van der Waals surface area contributed by atoms with Crippen LogP contribution in [0.15, 0.2) is 0 Å². The zero-order valence-electron chi connectivity index (χ0n) is 41.9. The maximum Gasteiger partial charge on any atom is 0.306 e. The molecule has 0 N–H and O–H groups in total. The molecule has 10 heteroatoms. The van der Waals surface area contributed by atoms with E-state index in [0.29, 0.717) is 17.4 Å². The molecule has 0 saturated heterocycles. The van der Waals surface area contributed by atoms with Crippen LogP contribution in [-0.4, -0.2) is 70.0 Å². The molecule has 9 nitrogen and oxygen atoms in total. The Balaban J connectivity index is 4.17. The molecule has 1 unspecified atom stereocenters. The van der Waals surface area contributed by atoms with Crippen LogP contribution in [0.5, 0.6) is 0 Å². The SMILES string of the molecule is CCCCCCCCCCCCCCCCCCCCCC(=O)OC[C@H](COP(=O)([O-])OCC[N+](C)(C)C)OC(=O)CCCCCCCCCCCCCCCCCCCCC. The second-order valence-corrected chi connectivity index (χ2v) is 21.0. The molecule has 0 aliphatic carbocycles. The van der Waals surface area contributed by atoms with Crippen LogP contribution in [0.3, 0.4) is 0 Å². The number of likely N-dealkylation sites (N-methyl/N-ethyl adjacent to an activating group) is 1. The number of ether oxygens (including phenoxy) is 2. The van der Waals surface area contributed by atoms with Crippen LogP contribution in [-0.2, 0) is 32.7 Å². The lowest BCUT2D eigenvalue weighted by atomic mass is 10.0. The van der Waals surface area contributed by atoms with Crippen LogP contribution < -0.4 is 4.89 Å². The molecular formula is C52H104NO8P. The van der Waals surface area contributed by atoms with Crippen molar-refractivity contribution in [2.75, 3.05) is 47.5 Å². The lowest BCUT2D eigenvalue weighted by Crippen LogP contribution is -2.37. The van der Waals surface area contributed by atoms with Crippen molar-refractivity contribution < 1.29 is 42.1 Å². The fourth-order valence-corrected chi connectivity index (χ4v) is 8.68. The summed E-state index contributed by atoms with van der Waals surface area (Å²) in [6, 6.07) is 0. The van der Waals surface area contributed by atoms with Gasteiger partial charge in [0.1, 0.15) is 19.8 Å². The van der Waals surface area contributed by atoms with E-state index in [0.717, 1.165) is 32.1 Å². The summed E-state index contributed by atoms with van der Waals surface area (Å²) in [4.78, 5) is 37.7. The molecule has 0 amide bonds. The van der Waals surface area contributed by atoms with Gasteiger partial charge in [0.15, 0.2) is 6.10 Å². The Bertz CT molecular complexity index is 1020. The number of hydrogen-bond acceptors (Lipinski definition) is 8. The zero-order valence-corrected chi connectivity index (χ0v) is 42.7. The zero-order chi connectivity index (χ0) is 45.7. The van der Waals surface area contributed by atoms with Crippen LogP contribution in [0, 0.1) is 0 Å². The van der Waals surface area contributed by atoms with Gasteiger partial charge in [-0.2, -0.15) is 0 Å². The third kappa shape index (κ3) is 48.5. The normalized spacial score (nSPS) is 13.3. The Kier molecular flexibility index (Phi) is 44.5. The van der Waals surface area contributed by atoms with Gasteiger partial charge in [-0.1, -0.05) is 245 Å². The van der Waals surface area contributed by atoms with Crippen molar-refractivity contribution >= 4 is 19.8 Å². The number of nitrogens with zero attached hydrogens (tertiary/aromatic N) is 1. The number of esters is 2. The number of rotatable bonds is 50. The highest BCUT2D eigenvalue weighted by molar-refractivity contribution is 7.45. The molecule has 0 aromatic heterocycles. The molecule has 370 valence electrons. The molecular weight excluding hydrogens is 798 g/mol. The van der Waals surface area contributed by atoms with Crippen molar-refractivity contribution in [1.82, 2.24) is 0 Å². The number of phosphoric acid groups is 1. The summed E-state index contributed by atoms with van der Waals surface area (Å²) in [7, 11) is 1.19. The van der Waals surface area contributed by atoms with E-state index in [9.17, 15) is 19.0 Å². The van der Waals surface area contributed by atoms with E-state index < -0.39 is 26.5 Å². The highest BCUT2D eigenvalue weighted by Gasteiger charge is 2.21. The summed E-state index contributed by atoms with van der Waals surface area (Å²) in [5.41, 5.74) is 0. The van der Waals surface area contributed by atoms with Crippen LogP contribution in [0.4, 0.5) is 0 Å². The quantitative estimate of drug-likeness (QED) is 0.0257. The summed E-state index contributed by atoms with van der Waals surface area (Å²) in [5, 5.41) is 0. The van der Waals surface area contributed by atoms with Gasteiger partial charge in [0.2, 0.25) is 0 Å².